The van der Waals surface area contributed by atoms with Gasteiger partial charge in [0, 0.05) is 44.2 Å². The van der Waals surface area contributed by atoms with Crippen LogP contribution in [0.15, 0.2) is 34.3 Å². The van der Waals surface area contributed by atoms with E-state index in [9.17, 15) is 0 Å². The monoisotopic (exact) mass is 414 g/mol. The molecule has 0 amide bonds. The fraction of sp³-hybridized carbons (Fsp3) is 0.522. The Morgan fingerprint density at radius 1 is 1.28 bits per heavy atom. The first-order chi connectivity index (χ1) is 14.0. The van der Waals surface area contributed by atoms with Gasteiger partial charge in [-0.15, -0.1) is 0 Å². The van der Waals surface area contributed by atoms with E-state index in [1.807, 2.05) is 33.0 Å². The molecule has 5 nitrogen and oxygen atoms in total. The maximum Gasteiger partial charge on any atom is 0.0874 e. The molecule has 2 aromatic rings. The molecule has 1 unspecified atom stereocenters. The zero-order chi connectivity index (χ0) is 20.8. The van der Waals surface area contributed by atoms with Crippen LogP contribution in [0.1, 0.15) is 38.6 Å². The minimum atomic E-state index is 0.0914. The Labute approximate surface area is 178 Å². The summed E-state index contributed by atoms with van der Waals surface area (Å²) in [5.74, 6) is 0. The van der Waals surface area contributed by atoms with Crippen molar-refractivity contribution in [3.05, 3.63) is 40.7 Å². The number of fused-ring (bicyclic) bond motifs is 1. The number of ether oxygens (including phenoxy) is 1. The SMILES string of the molecule is CCC(N=C(C)c1cc2cccc(Cl)c2c(CCN2CCOCC2)n1)C(C)=NC. The summed E-state index contributed by atoms with van der Waals surface area (Å²) >= 11 is 6.56. The van der Waals surface area contributed by atoms with E-state index in [1.54, 1.807) is 0 Å². The van der Waals surface area contributed by atoms with Gasteiger partial charge in [0.1, 0.15) is 0 Å². The molecule has 6 heteroatoms. The van der Waals surface area contributed by atoms with Crippen molar-refractivity contribution in [3.8, 4) is 0 Å². The Morgan fingerprint density at radius 2 is 2.03 bits per heavy atom. The van der Waals surface area contributed by atoms with Crippen molar-refractivity contribution in [3.63, 3.8) is 0 Å². The van der Waals surface area contributed by atoms with Gasteiger partial charge >= 0.3 is 0 Å². The Hall–Kier alpha value is -1.82. The van der Waals surface area contributed by atoms with E-state index in [1.165, 1.54) is 0 Å². The topological polar surface area (TPSA) is 50.1 Å². The fourth-order valence-corrected chi connectivity index (χ4v) is 4.02. The van der Waals surface area contributed by atoms with Crippen LogP contribution in [0.5, 0.6) is 0 Å². The highest BCUT2D eigenvalue weighted by molar-refractivity contribution is 6.35. The molecule has 1 aliphatic rings. The molecule has 2 heterocycles. The van der Waals surface area contributed by atoms with E-state index in [4.69, 9.17) is 26.3 Å². The first-order valence-electron chi connectivity index (χ1n) is 10.4. The third-order valence-corrected chi connectivity index (χ3v) is 5.91. The molecule has 1 atom stereocenters. The molecule has 1 aliphatic heterocycles. The second-order valence-electron chi connectivity index (χ2n) is 7.50. The third-order valence-electron chi connectivity index (χ3n) is 5.59. The highest BCUT2D eigenvalue weighted by atomic mass is 35.5. The van der Waals surface area contributed by atoms with E-state index in [2.05, 4.69) is 28.9 Å². The van der Waals surface area contributed by atoms with E-state index in [-0.39, 0.29) is 6.04 Å². The number of nitrogens with zero attached hydrogens (tertiary/aromatic N) is 4. The van der Waals surface area contributed by atoms with Crippen LogP contribution >= 0.6 is 11.6 Å². The Morgan fingerprint density at radius 3 is 2.72 bits per heavy atom. The van der Waals surface area contributed by atoms with Crippen LogP contribution in [-0.4, -0.2) is 67.2 Å². The number of hydrogen-bond acceptors (Lipinski definition) is 5. The lowest BCUT2D eigenvalue weighted by Crippen LogP contribution is -2.37. The Balaban J connectivity index is 1.96. The number of pyridine rings is 1. The molecule has 0 aliphatic carbocycles. The van der Waals surface area contributed by atoms with Crippen molar-refractivity contribution in [1.29, 1.82) is 0 Å². The van der Waals surface area contributed by atoms with Crippen LogP contribution in [0.25, 0.3) is 10.8 Å². The van der Waals surface area contributed by atoms with E-state index in [0.29, 0.717) is 0 Å². The molecule has 0 radical (unpaired) electrons. The first-order valence-corrected chi connectivity index (χ1v) is 10.8. The molecular weight excluding hydrogens is 384 g/mol. The maximum atomic E-state index is 6.56. The number of benzene rings is 1. The lowest BCUT2D eigenvalue weighted by molar-refractivity contribution is 0.0384. The molecule has 156 valence electrons. The summed E-state index contributed by atoms with van der Waals surface area (Å²) in [5, 5.41) is 2.92. The van der Waals surface area contributed by atoms with Crippen molar-refractivity contribution in [2.24, 2.45) is 9.98 Å². The molecule has 1 aromatic heterocycles. The highest BCUT2D eigenvalue weighted by Gasteiger charge is 2.16. The normalized spacial score (nSPS) is 17.7. The molecule has 29 heavy (non-hydrogen) atoms. The number of hydrogen-bond donors (Lipinski definition) is 0. The molecule has 1 fully saturated rings. The summed E-state index contributed by atoms with van der Waals surface area (Å²) in [6.45, 7) is 10.7. The minimum absolute atomic E-state index is 0.0914. The van der Waals surface area contributed by atoms with Gasteiger partial charge < -0.3 is 4.74 Å². The van der Waals surface area contributed by atoms with E-state index in [0.717, 1.165) is 84.3 Å². The largest absolute Gasteiger partial charge is 0.379 e. The third kappa shape index (κ3) is 5.41. The zero-order valence-corrected chi connectivity index (χ0v) is 18.7. The van der Waals surface area contributed by atoms with Crippen LogP contribution < -0.4 is 0 Å². The highest BCUT2D eigenvalue weighted by Crippen LogP contribution is 2.27. The summed E-state index contributed by atoms with van der Waals surface area (Å²) < 4.78 is 5.46. The molecule has 3 rings (SSSR count). The number of aromatic nitrogens is 1. The summed E-state index contributed by atoms with van der Waals surface area (Å²) in [4.78, 5) is 16.7. The number of rotatable bonds is 7. The van der Waals surface area contributed by atoms with Gasteiger partial charge in [-0.1, -0.05) is 30.7 Å². The van der Waals surface area contributed by atoms with Gasteiger partial charge in [-0.2, -0.15) is 0 Å². The molecule has 1 aromatic carbocycles. The van der Waals surface area contributed by atoms with Crippen molar-refractivity contribution >= 4 is 33.8 Å². The molecule has 0 N–H and O–H groups in total. The van der Waals surface area contributed by atoms with Gasteiger partial charge in [0.2, 0.25) is 0 Å². The van der Waals surface area contributed by atoms with E-state index >= 15 is 0 Å². The number of morpholine rings is 1. The summed E-state index contributed by atoms with van der Waals surface area (Å²) in [7, 11) is 1.82. The predicted molar refractivity (Wildman–Crippen MR) is 123 cm³/mol. The Bertz CT molecular complexity index is 903. The minimum Gasteiger partial charge on any atom is -0.379 e. The van der Waals surface area contributed by atoms with Gasteiger partial charge in [-0.25, -0.2) is 0 Å². The number of halogens is 1. The fourth-order valence-electron chi connectivity index (χ4n) is 3.73. The van der Waals surface area contributed by atoms with Gasteiger partial charge in [0.05, 0.1) is 41.4 Å². The molecule has 0 saturated carbocycles. The van der Waals surface area contributed by atoms with Gasteiger partial charge in [0.25, 0.3) is 0 Å². The van der Waals surface area contributed by atoms with Gasteiger partial charge in [0.15, 0.2) is 0 Å². The quantitative estimate of drug-likeness (QED) is 0.629. The second-order valence-corrected chi connectivity index (χ2v) is 7.91. The average Bonchev–Trinajstić information content (AvgIpc) is 2.75. The standard InChI is InChI=1S/C23H31ClN4O/c1-5-20(16(2)25-4)26-17(3)22-15-18-7-6-8-19(24)23(18)21(27-22)9-10-28-11-13-29-14-12-28/h6-8,15,20H,5,9-14H2,1-4H3. The smallest absolute Gasteiger partial charge is 0.0874 e. The van der Waals surface area contributed by atoms with Crippen LogP contribution in [0, 0.1) is 0 Å². The molecule has 1 saturated heterocycles. The molecule has 0 spiro atoms. The second kappa shape index (κ2) is 10.3. The lowest BCUT2D eigenvalue weighted by atomic mass is 10.0. The van der Waals surface area contributed by atoms with Crippen molar-refractivity contribution in [2.75, 3.05) is 39.9 Å². The van der Waals surface area contributed by atoms with Crippen molar-refractivity contribution < 1.29 is 4.74 Å². The predicted octanol–water partition coefficient (Wildman–Crippen LogP) is 4.44. The summed E-state index contributed by atoms with van der Waals surface area (Å²) in [6, 6.07) is 8.24. The van der Waals surface area contributed by atoms with Crippen LogP contribution in [0.2, 0.25) is 5.02 Å². The average molecular weight is 415 g/mol. The van der Waals surface area contributed by atoms with E-state index < -0.39 is 0 Å². The van der Waals surface area contributed by atoms with Crippen molar-refractivity contribution in [1.82, 2.24) is 9.88 Å². The van der Waals surface area contributed by atoms with Gasteiger partial charge in [-0.3, -0.25) is 19.9 Å². The van der Waals surface area contributed by atoms with Crippen LogP contribution in [-0.2, 0) is 11.2 Å². The first kappa shape index (κ1) is 21.9. The number of aliphatic imine (C=N–C) groups is 2. The summed E-state index contributed by atoms with van der Waals surface area (Å²) in [6.07, 6.45) is 1.78. The van der Waals surface area contributed by atoms with Crippen LogP contribution in [0.4, 0.5) is 0 Å². The Kier molecular flexibility index (Phi) is 7.76. The van der Waals surface area contributed by atoms with Crippen LogP contribution in [0.3, 0.4) is 0 Å². The maximum absolute atomic E-state index is 6.56. The lowest BCUT2D eigenvalue weighted by Gasteiger charge is -2.26. The molecule has 0 bridgehead atoms. The molecular formula is C23H31ClN4O. The van der Waals surface area contributed by atoms with Crippen molar-refractivity contribution in [2.45, 2.75) is 39.7 Å². The summed E-state index contributed by atoms with van der Waals surface area (Å²) in [5.41, 5.74) is 3.94. The zero-order valence-electron chi connectivity index (χ0n) is 17.9. The van der Waals surface area contributed by atoms with Gasteiger partial charge in [-0.05, 0) is 37.8 Å².